The molecule has 0 aliphatic rings. The first-order chi connectivity index (χ1) is 9.40. The van der Waals surface area contributed by atoms with Crippen molar-refractivity contribution < 1.29 is 19.6 Å². The van der Waals surface area contributed by atoms with Crippen molar-refractivity contribution in [3.05, 3.63) is 51.8 Å². The van der Waals surface area contributed by atoms with Gasteiger partial charge in [0.15, 0.2) is 11.5 Å². The van der Waals surface area contributed by atoms with Crippen LogP contribution in [-0.2, 0) is 0 Å². The summed E-state index contributed by atoms with van der Waals surface area (Å²) >= 11 is 0. The van der Waals surface area contributed by atoms with Crippen LogP contribution in [0.2, 0.25) is 0 Å². The van der Waals surface area contributed by atoms with Gasteiger partial charge in [-0.25, -0.2) is 9.48 Å². The Balaban J connectivity index is 2.53. The summed E-state index contributed by atoms with van der Waals surface area (Å²) in [5, 5.41) is 23.3. The molecule has 1 aromatic heterocycles. The molecular formula is C12H9N3O5. The Morgan fingerprint density at radius 1 is 1.30 bits per heavy atom. The number of benzene rings is 1. The van der Waals surface area contributed by atoms with Crippen LogP contribution in [0, 0.1) is 10.1 Å². The monoisotopic (exact) mass is 275 g/mol. The van der Waals surface area contributed by atoms with E-state index in [0.29, 0.717) is 5.69 Å². The van der Waals surface area contributed by atoms with Gasteiger partial charge in [0.1, 0.15) is 5.69 Å². The fourth-order valence-electron chi connectivity index (χ4n) is 1.65. The highest BCUT2D eigenvalue weighted by Gasteiger charge is 2.17. The molecule has 0 saturated heterocycles. The Morgan fingerprint density at radius 2 is 1.90 bits per heavy atom. The van der Waals surface area contributed by atoms with Gasteiger partial charge >= 0.3 is 5.97 Å². The number of carboxylic acid groups (broad SMARTS) is 1. The second kappa shape index (κ2) is 4.92. The Hall–Kier alpha value is -3.03. The van der Waals surface area contributed by atoms with Crippen molar-refractivity contribution in [1.82, 2.24) is 9.78 Å². The molecule has 0 fully saturated rings. The molecule has 8 heteroatoms. The van der Waals surface area contributed by atoms with Crippen molar-refractivity contribution in [3.8, 4) is 5.69 Å². The minimum Gasteiger partial charge on any atom is -0.476 e. The van der Waals surface area contributed by atoms with Gasteiger partial charge in [-0.15, -0.1) is 0 Å². The number of carboxylic acids is 1. The van der Waals surface area contributed by atoms with Gasteiger partial charge in [-0.3, -0.25) is 14.9 Å². The Kier molecular flexibility index (Phi) is 3.30. The van der Waals surface area contributed by atoms with Crippen molar-refractivity contribution in [1.29, 1.82) is 0 Å². The van der Waals surface area contributed by atoms with Gasteiger partial charge in [0.05, 0.1) is 10.6 Å². The first-order valence-corrected chi connectivity index (χ1v) is 5.49. The third-order valence-corrected chi connectivity index (χ3v) is 2.59. The highest BCUT2D eigenvalue weighted by molar-refractivity contribution is 5.96. The molecule has 0 atom stereocenters. The van der Waals surface area contributed by atoms with Crippen LogP contribution in [0.15, 0.2) is 30.3 Å². The average molecular weight is 275 g/mol. The molecule has 1 heterocycles. The number of hydrogen-bond acceptors (Lipinski definition) is 5. The van der Waals surface area contributed by atoms with E-state index in [4.69, 9.17) is 5.11 Å². The minimum absolute atomic E-state index is 0.0938. The summed E-state index contributed by atoms with van der Waals surface area (Å²) in [5.41, 5.74) is 0.0850. The van der Waals surface area contributed by atoms with E-state index in [0.717, 1.165) is 10.7 Å². The highest BCUT2D eigenvalue weighted by atomic mass is 16.6. The van der Waals surface area contributed by atoms with Crippen LogP contribution < -0.4 is 0 Å². The molecule has 8 nitrogen and oxygen atoms in total. The number of aromatic carboxylic acids is 1. The Labute approximate surface area is 112 Å². The number of nitro benzene ring substituents is 1. The highest BCUT2D eigenvalue weighted by Crippen LogP contribution is 2.17. The van der Waals surface area contributed by atoms with Crippen LogP contribution in [0.25, 0.3) is 5.69 Å². The molecular weight excluding hydrogens is 266 g/mol. The number of carbonyl (C=O) groups is 2. The third kappa shape index (κ3) is 2.39. The lowest BCUT2D eigenvalue weighted by Crippen LogP contribution is -2.06. The fourth-order valence-corrected chi connectivity index (χ4v) is 1.65. The number of non-ortho nitro benzene ring substituents is 1. The predicted octanol–water partition coefficient (Wildman–Crippen LogP) is 1.68. The molecule has 0 saturated carbocycles. The van der Waals surface area contributed by atoms with Gasteiger partial charge in [-0.2, -0.15) is 5.10 Å². The largest absolute Gasteiger partial charge is 0.476 e. The van der Waals surface area contributed by atoms with Crippen molar-refractivity contribution in [2.24, 2.45) is 0 Å². The lowest BCUT2D eigenvalue weighted by molar-refractivity contribution is -0.384. The number of ketones is 1. The van der Waals surface area contributed by atoms with Gasteiger partial charge in [-0.1, -0.05) is 0 Å². The second-order valence-corrected chi connectivity index (χ2v) is 3.96. The molecule has 0 bridgehead atoms. The number of nitrogens with zero attached hydrogens (tertiary/aromatic N) is 3. The van der Waals surface area contributed by atoms with E-state index in [9.17, 15) is 19.7 Å². The summed E-state index contributed by atoms with van der Waals surface area (Å²) in [5.74, 6) is -1.61. The van der Waals surface area contributed by atoms with Crippen LogP contribution in [0.5, 0.6) is 0 Å². The molecule has 2 aromatic rings. The number of hydrogen-bond donors (Lipinski definition) is 1. The second-order valence-electron chi connectivity index (χ2n) is 3.96. The molecule has 1 aromatic carbocycles. The lowest BCUT2D eigenvalue weighted by atomic mass is 10.2. The summed E-state index contributed by atoms with van der Waals surface area (Å²) in [6.45, 7) is 1.28. The van der Waals surface area contributed by atoms with Crippen LogP contribution in [-0.4, -0.2) is 31.6 Å². The zero-order valence-electron chi connectivity index (χ0n) is 10.3. The molecule has 0 radical (unpaired) electrons. The molecule has 0 amide bonds. The normalized spacial score (nSPS) is 10.2. The molecule has 20 heavy (non-hydrogen) atoms. The van der Waals surface area contributed by atoms with Crippen LogP contribution in [0.4, 0.5) is 5.69 Å². The maximum absolute atomic E-state index is 11.5. The maximum atomic E-state index is 11.5. The molecule has 0 spiro atoms. The van der Waals surface area contributed by atoms with Crippen molar-refractivity contribution in [3.63, 3.8) is 0 Å². The van der Waals surface area contributed by atoms with E-state index in [1.807, 2.05) is 0 Å². The Bertz CT molecular complexity index is 702. The molecule has 0 aliphatic carbocycles. The maximum Gasteiger partial charge on any atom is 0.356 e. The molecule has 102 valence electrons. The fraction of sp³-hybridized carbons (Fsp3) is 0.0833. The SMILES string of the molecule is CC(=O)c1cc(C(=O)O)nn1-c1ccc([N+](=O)[O-])cc1. The topological polar surface area (TPSA) is 115 Å². The third-order valence-electron chi connectivity index (χ3n) is 2.59. The van der Waals surface area contributed by atoms with Crippen molar-refractivity contribution in [2.45, 2.75) is 6.92 Å². The van der Waals surface area contributed by atoms with Crippen LogP contribution in [0.3, 0.4) is 0 Å². The quantitative estimate of drug-likeness (QED) is 0.515. The molecule has 2 rings (SSSR count). The smallest absolute Gasteiger partial charge is 0.356 e. The zero-order valence-corrected chi connectivity index (χ0v) is 10.3. The van der Waals surface area contributed by atoms with E-state index in [1.54, 1.807) is 0 Å². The Morgan fingerprint density at radius 3 is 2.35 bits per heavy atom. The summed E-state index contributed by atoms with van der Waals surface area (Å²) in [6.07, 6.45) is 0. The zero-order chi connectivity index (χ0) is 14.9. The van der Waals surface area contributed by atoms with E-state index in [1.165, 1.54) is 31.2 Å². The van der Waals surface area contributed by atoms with Gasteiger partial charge in [0.2, 0.25) is 0 Å². The average Bonchev–Trinajstić information content (AvgIpc) is 2.84. The summed E-state index contributed by atoms with van der Waals surface area (Å²) in [4.78, 5) is 32.4. The number of carbonyl (C=O) groups excluding carboxylic acids is 1. The molecule has 0 aliphatic heterocycles. The summed E-state index contributed by atoms with van der Waals surface area (Å²) < 4.78 is 1.15. The minimum atomic E-state index is -1.26. The van der Waals surface area contributed by atoms with Crippen molar-refractivity contribution >= 4 is 17.4 Å². The summed E-state index contributed by atoms with van der Waals surface area (Å²) in [6, 6.07) is 6.45. The van der Waals surface area contributed by atoms with E-state index in [2.05, 4.69) is 5.10 Å². The van der Waals surface area contributed by atoms with E-state index >= 15 is 0 Å². The molecule has 0 unspecified atom stereocenters. The lowest BCUT2D eigenvalue weighted by Gasteiger charge is -2.04. The number of aromatic nitrogens is 2. The van der Waals surface area contributed by atoms with E-state index in [-0.39, 0.29) is 22.9 Å². The van der Waals surface area contributed by atoms with Gasteiger partial charge in [0.25, 0.3) is 5.69 Å². The van der Waals surface area contributed by atoms with Gasteiger partial charge < -0.3 is 5.11 Å². The predicted molar refractivity (Wildman–Crippen MR) is 67.2 cm³/mol. The van der Waals surface area contributed by atoms with E-state index < -0.39 is 10.9 Å². The standard InChI is InChI=1S/C12H9N3O5/c1-7(16)11-6-10(12(17)18)13-14(11)8-2-4-9(5-3-8)15(19)20/h2-6H,1H3,(H,17,18). The molecule has 1 N–H and O–H groups in total. The number of nitro groups is 1. The first kappa shape index (κ1) is 13.4. The van der Waals surface area contributed by atoms with Gasteiger partial charge in [-0.05, 0) is 12.1 Å². The first-order valence-electron chi connectivity index (χ1n) is 5.49. The number of Topliss-reactive ketones (excluding diaryl/α,β-unsaturated/α-hetero) is 1. The number of rotatable bonds is 4. The van der Waals surface area contributed by atoms with Gasteiger partial charge in [0, 0.05) is 25.1 Å². The van der Waals surface area contributed by atoms with Crippen LogP contribution in [0.1, 0.15) is 27.9 Å². The van der Waals surface area contributed by atoms with Crippen molar-refractivity contribution in [2.75, 3.05) is 0 Å². The summed E-state index contributed by atoms with van der Waals surface area (Å²) in [7, 11) is 0. The van der Waals surface area contributed by atoms with Crippen LogP contribution >= 0.6 is 0 Å².